The molecule has 0 saturated heterocycles. The molecule has 0 heterocycles. The molecule has 158 valence electrons. The minimum Gasteiger partial charge on any atom is -0.497 e. The molecule has 1 atom stereocenters. The number of nitrogens with zero attached hydrogens (tertiary/aromatic N) is 2. The maximum Gasteiger partial charge on any atom is 0.304 e. The van der Waals surface area contributed by atoms with Crippen molar-refractivity contribution in [3.05, 3.63) is 54.1 Å². The minimum absolute atomic E-state index is 0.360. The Balaban J connectivity index is 2.25. The Kier molecular flexibility index (Phi) is 7.46. The standard InChI is InChI=1S/C20H27N3O5S/c1-15(18-13-17(27-4)11-12-19(18)28-5)21-20(24)14-23(29(25,26)22(2)3)16-9-7-6-8-10-16/h6-13,15H,14H2,1-5H3,(H,21,24). The maximum absolute atomic E-state index is 12.7. The third kappa shape index (κ3) is 5.39. The van der Waals surface area contributed by atoms with Gasteiger partial charge in [-0.05, 0) is 37.3 Å². The van der Waals surface area contributed by atoms with Gasteiger partial charge in [0.2, 0.25) is 5.91 Å². The van der Waals surface area contributed by atoms with Crippen molar-refractivity contribution in [3.63, 3.8) is 0 Å². The summed E-state index contributed by atoms with van der Waals surface area (Å²) in [7, 11) is 2.09. The van der Waals surface area contributed by atoms with Crippen LogP contribution in [0.15, 0.2) is 48.5 Å². The van der Waals surface area contributed by atoms with Crippen LogP contribution in [-0.2, 0) is 15.0 Å². The predicted octanol–water partition coefficient (Wildman–Crippen LogP) is 2.19. The molecular weight excluding hydrogens is 394 g/mol. The summed E-state index contributed by atoms with van der Waals surface area (Å²) in [6.07, 6.45) is 0. The van der Waals surface area contributed by atoms with Crippen LogP contribution in [0.3, 0.4) is 0 Å². The Morgan fingerprint density at radius 3 is 2.28 bits per heavy atom. The number of para-hydroxylation sites is 1. The Morgan fingerprint density at radius 1 is 1.07 bits per heavy atom. The van der Waals surface area contributed by atoms with Crippen molar-refractivity contribution in [2.24, 2.45) is 0 Å². The molecule has 9 heteroatoms. The average Bonchev–Trinajstić information content (AvgIpc) is 2.71. The molecule has 0 aliphatic carbocycles. The van der Waals surface area contributed by atoms with Crippen molar-refractivity contribution in [1.29, 1.82) is 0 Å². The SMILES string of the molecule is COc1ccc(OC)c(C(C)NC(=O)CN(c2ccccc2)S(=O)(=O)N(C)C)c1. The smallest absolute Gasteiger partial charge is 0.304 e. The van der Waals surface area contributed by atoms with E-state index in [1.165, 1.54) is 14.1 Å². The molecule has 8 nitrogen and oxygen atoms in total. The average molecular weight is 422 g/mol. The summed E-state index contributed by atoms with van der Waals surface area (Å²) >= 11 is 0. The van der Waals surface area contributed by atoms with Gasteiger partial charge in [0.1, 0.15) is 18.0 Å². The number of anilines is 1. The van der Waals surface area contributed by atoms with E-state index in [1.807, 2.05) is 0 Å². The Morgan fingerprint density at radius 2 is 1.72 bits per heavy atom. The monoisotopic (exact) mass is 421 g/mol. The van der Waals surface area contributed by atoms with Crippen LogP contribution in [-0.4, -0.2) is 53.5 Å². The zero-order chi connectivity index (χ0) is 21.6. The molecule has 0 aliphatic rings. The van der Waals surface area contributed by atoms with E-state index in [0.717, 1.165) is 14.2 Å². The quantitative estimate of drug-likeness (QED) is 0.671. The second-order valence-electron chi connectivity index (χ2n) is 6.53. The van der Waals surface area contributed by atoms with Crippen molar-refractivity contribution in [3.8, 4) is 11.5 Å². The van der Waals surface area contributed by atoms with E-state index in [2.05, 4.69) is 5.32 Å². The Hall–Kier alpha value is -2.78. The van der Waals surface area contributed by atoms with Crippen LogP contribution in [0.2, 0.25) is 0 Å². The topological polar surface area (TPSA) is 88.2 Å². The molecule has 1 unspecified atom stereocenters. The van der Waals surface area contributed by atoms with Gasteiger partial charge in [-0.3, -0.25) is 4.79 Å². The van der Waals surface area contributed by atoms with Crippen LogP contribution < -0.4 is 19.1 Å². The van der Waals surface area contributed by atoms with Gasteiger partial charge in [-0.25, -0.2) is 4.31 Å². The fraction of sp³-hybridized carbons (Fsp3) is 0.350. The first-order chi connectivity index (χ1) is 13.7. The van der Waals surface area contributed by atoms with Gasteiger partial charge in [-0.2, -0.15) is 12.7 Å². The summed E-state index contributed by atoms with van der Waals surface area (Å²) in [5.41, 5.74) is 1.13. The number of nitrogens with one attached hydrogen (secondary N) is 1. The molecule has 0 bridgehead atoms. The minimum atomic E-state index is -3.85. The molecule has 2 aromatic rings. The normalized spacial score (nSPS) is 12.3. The van der Waals surface area contributed by atoms with Crippen LogP contribution in [0, 0.1) is 0 Å². The van der Waals surface area contributed by atoms with E-state index in [1.54, 1.807) is 69.7 Å². The van der Waals surface area contributed by atoms with E-state index in [0.29, 0.717) is 17.2 Å². The lowest BCUT2D eigenvalue weighted by Gasteiger charge is -2.27. The van der Waals surface area contributed by atoms with Crippen LogP contribution in [0.4, 0.5) is 5.69 Å². The zero-order valence-electron chi connectivity index (χ0n) is 17.2. The van der Waals surface area contributed by atoms with Crippen LogP contribution in [0.5, 0.6) is 11.5 Å². The molecule has 0 radical (unpaired) electrons. The molecule has 1 amide bonds. The Bertz CT molecular complexity index is 932. The number of hydrogen-bond acceptors (Lipinski definition) is 5. The number of amides is 1. The van der Waals surface area contributed by atoms with Crippen LogP contribution in [0.25, 0.3) is 0 Å². The van der Waals surface area contributed by atoms with E-state index >= 15 is 0 Å². The first kappa shape index (κ1) is 22.5. The highest BCUT2D eigenvalue weighted by Crippen LogP contribution is 2.29. The number of rotatable bonds is 9. The molecule has 2 aromatic carbocycles. The summed E-state index contributed by atoms with van der Waals surface area (Å²) in [4.78, 5) is 12.7. The highest BCUT2D eigenvalue weighted by atomic mass is 32.2. The summed E-state index contributed by atoms with van der Waals surface area (Å²) in [6, 6.07) is 13.4. The lowest BCUT2D eigenvalue weighted by Crippen LogP contribution is -2.46. The van der Waals surface area contributed by atoms with Gasteiger partial charge in [0.15, 0.2) is 0 Å². The predicted molar refractivity (Wildman–Crippen MR) is 112 cm³/mol. The van der Waals surface area contributed by atoms with Gasteiger partial charge in [-0.15, -0.1) is 0 Å². The molecule has 0 fully saturated rings. The number of hydrogen-bond donors (Lipinski definition) is 1. The molecular formula is C20H27N3O5S. The summed E-state index contributed by atoms with van der Waals surface area (Å²) < 4.78 is 38.2. The summed E-state index contributed by atoms with van der Waals surface area (Å²) in [5, 5.41) is 2.83. The largest absolute Gasteiger partial charge is 0.497 e. The molecule has 0 spiro atoms. The molecule has 0 aliphatic heterocycles. The first-order valence-corrected chi connectivity index (χ1v) is 10.4. The van der Waals surface area contributed by atoms with Crippen molar-refractivity contribution in [1.82, 2.24) is 9.62 Å². The molecule has 29 heavy (non-hydrogen) atoms. The fourth-order valence-electron chi connectivity index (χ4n) is 2.77. The fourth-order valence-corrected chi connectivity index (χ4v) is 3.83. The first-order valence-electron chi connectivity index (χ1n) is 8.97. The molecule has 0 aromatic heterocycles. The molecule has 2 rings (SSSR count). The van der Waals surface area contributed by atoms with Crippen molar-refractivity contribution >= 4 is 21.8 Å². The summed E-state index contributed by atoms with van der Waals surface area (Å²) in [6.45, 7) is 1.43. The van der Waals surface area contributed by atoms with Crippen molar-refractivity contribution in [2.75, 3.05) is 39.2 Å². The lowest BCUT2D eigenvalue weighted by molar-refractivity contribution is -0.120. The third-order valence-corrected chi connectivity index (χ3v) is 6.17. The second-order valence-corrected chi connectivity index (χ2v) is 8.60. The number of ether oxygens (including phenoxy) is 2. The summed E-state index contributed by atoms with van der Waals surface area (Å²) in [5.74, 6) is 0.777. The van der Waals surface area contributed by atoms with Crippen molar-refractivity contribution < 1.29 is 22.7 Å². The third-order valence-electron chi connectivity index (χ3n) is 4.35. The van der Waals surface area contributed by atoms with E-state index < -0.39 is 22.2 Å². The lowest BCUT2D eigenvalue weighted by atomic mass is 10.1. The van der Waals surface area contributed by atoms with E-state index in [4.69, 9.17) is 9.47 Å². The Labute approximate surface area is 172 Å². The highest BCUT2D eigenvalue weighted by Gasteiger charge is 2.28. The molecule has 1 N–H and O–H groups in total. The number of methoxy groups -OCH3 is 2. The second kappa shape index (κ2) is 9.62. The van der Waals surface area contributed by atoms with Gasteiger partial charge in [0.25, 0.3) is 0 Å². The van der Waals surface area contributed by atoms with E-state index in [-0.39, 0.29) is 6.54 Å². The molecule has 0 saturated carbocycles. The van der Waals surface area contributed by atoms with Gasteiger partial charge < -0.3 is 14.8 Å². The van der Waals surface area contributed by atoms with Crippen molar-refractivity contribution in [2.45, 2.75) is 13.0 Å². The van der Waals surface area contributed by atoms with E-state index in [9.17, 15) is 13.2 Å². The number of carbonyl (C=O) groups excluding carboxylic acids is 1. The van der Waals surface area contributed by atoms with Gasteiger partial charge in [0, 0.05) is 19.7 Å². The van der Waals surface area contributed by atoms with Gasteiger partial charge in [0.05, 0.1) is 25.9 Å². The van der Waals surface area contributed by atoms with Crippen LogP contribution in [0.1, 0.15) is 18.5 Å². The maximum atomic E-state index is 12.7. The number of benzene rings is 2. The highest BCUT2D eigenvalue weighted by molar-refractivity contribution is 7.90. The van der Waals surface area contributed by atoms with Gasteiger partial charge in [-0.1, -0.05) is 18.2 Å². The number of carbonyl (C=O) groups is 1. The van der Waals surface area contributed by atoms with Crippen LogP contribution >= 0.6 is 0 Å². The van der Waals surface area contributed by atoms with Gasteiger partial charge >= 0.3 is 10.2 Å². The zero-order valence-corrected chi connectivity index (χ0v) is 18.1.